The molecule has 0 N–H and O–H groups in total. The maximum absolute atomic E-state index is 11.9. The molecule has 2 nitrogen and oxygen atoms in total. The first-order valence-electron chi connectivity index (χ1n) is 2.99. The van der Waals surface area contributed by atoms with Gasteiger partial charge in [0.2, 0.25) is 0 Å². The lowest BCUT2D eigenvalue weighted by molar-refractivity contribution is -0.136. The van der Waals surface area contributed by atoms with Gasteiger partial charge in [-0.15, -0.1) is 0 Å². The molecule has 0 aromatic rings. The average Bonchev–Trinajstić information content (AvgIpc) is 1.85. The van der Waals surface area contributed by atoms with Crippen molar-refractivity contribution in [3.05, 3.63) is 0 Å². The Morgan fingerprint density at radius 2 is 2.40 bits per heavy atom. The lowest BCUT2D eigenvalue weighted by Gasteiger charge is -1.90. The van der Waals surface area contributed by atoms with Crippen molar-refractivity contribution in [3.8, 4) is 11.8 Å². The van der Waals surface area contributed by atoms with Gasteiger partial charge in [-0.3, -0.25) is 0 Å². The molecular weight excluding hydrogens is 135 g/mol. The number of hydrogen-bond acceptors (Lipinski definition) is 2. The lowest BCUT2D eigenvalue weighted by atomic mass is 10.4. The molecule has 1 atom stereocenters. The fourth-order valence-electron chi connectivity index (χ4n) is 0.326. The Hall–Kier alpha value is -1.04. The summed E-state index contributed by atoms with van der Waals surface area (Å²) in [7, 11) is 0. The van der Waals surface area contributed by atoms with E-state index in [0.717, 1.165) is 0 Å². The third-order valence-electron chi connectivity index (χ3n) is 0.649. The third-order valence-corrected chi connectivity index (χ3v) is 0.649. The van der Waals surface area contributed by atoms with E-state index in [9.17, 15) is 9.18 Å². The van der Waals surface area contributed by atoms with Crippen LogP contribution in [0.3, 0.4) is 0 Å². The maximum Gasteiger partial charge on any atom is 0.384 e. The molecule has 0 amide bonds. The molecule has 3 heteroatoms. The smallest absolute Gasteiger partial charge is 0.384 e. The average molecular weight is 144 g/mol. The van der Waals surface area contributed by atoms with Crippen LogP contribution in [-0.2, 0) is 9.53 Å². The van der Waals surface area contributed by atoms with Crippen LogP contribution in [0.5, 0.6) is 0 Å². The molecule has 0 heterocycles. The number of alkyl halides is 1. The van der Waals surface area contributed by atoms with E-state index in [2.05, 4.69) is 4.74 Å². The van der Waals surface area contributed by atoms with Crippen molar-refractivity contribution in [3.63, 3.8) is 0 Å². The monoisotopic (exact) mass is 144 g/mol. The second-order valence-electron chi connectivity index (χ2n) is 1.61. The fraction of sp³-hybridized carbons (Fsp3) is 0.571. The Morgan fingerprint density at radius 3 is 2.80 bits per heavy atom. The minimum absolute atomic E-state index is 0.272. The summed E-state index contributed by atoms with van der Waals surface area (Å²) in [4.78, 5) is 10.4. The zero-order valence-corrected chi connectivity index (χ0v) is 5.98. The van der Waals surface area contributed by atoms with Crippen LogP contribution in [-0.4, -0.2) is 18.7 Å². The Balaban J connectivity index is 3.69. The van der Waals surface area contributed by atoms with Gasteiger partial charge in [-0.05, 0) is 13.8 Å². The van der Waals surface area contributed by atoms with E-state index in [1.54, 1.807) is 6.92 Å². The van der Waals surface area contributed by atoms with Crippen LogP contribution in [0, 0.1) is 11.8 Å². The largest absolute Gasteiger partial charge is 0.456 e. The number of esters is 1. The highest BCUT2D eigenvalue weighted by atomic mass is 19.1. The highest BCUT2D eigenvalue weighted by Crippen LogP contribution is 1.82. The first-order chi connectivity index (χ1) is 4.66. The SMILES string of the molecule is CCOC(=O)C#C[C@@H](C)F. The van der Waals surface area contributed by atoms with Crippen molar-refractivity contribution in [2.45, 2.75) is 20.0 Å². The number of halogens is 1. The molecule has 0 rings (SSSR count). The first kappa shape index (κ1) is 8.96. The molecule has 0 aliphatic heterocycles. The lowest BCUT2D eigenvalue weighted by Crippen LogP contribution is -2.00. The van der Waals surface area contributed by atoms with Crippen molar-refractivity contribution in [1.29, 1.82) is 0 Å². The zero-order valence-electron chi connectivity index (χ0n) is 5.98. The number of carbonyl (C=O) groups excluding carboxylic acids is 1. The number of rotatable bonds is 1. The summed E-state index contributed by atoms with van der Waals surface area (Å²) < 4.78 is 16.3. The highest BCUT2D eigenvalue weighted by Gasteiger charge is 1.93. The Kier molecular flexibility index (Phi) is 4.30. The molecule has 0 spiro atoms. The predicted molar refractivity (Wildman–Crippen MR) is 35.0 cm³/mol. The van der Waals surface area contributed by atoms with Gasteiger partial charge in [-0.25, -0.2) is 9.18 Å². The van der Waals surface area contributed by atoms with Crippen molar-refractivity contribution < 1.29 is 13.9 Å². The van der Waals surface area contributed by atoms with E-state index in [0.29, 0.717) is 0 Å². The second-order valence-corrected chi connectivity index (χ2v) is 1.61. The molecule has 0 unspecified atom stereocenters. The van der Waals surface area contributed by atoms with Gasteiger partial charge in [0.25, 0.3) is 0 Å². The quantitative estimate of drug-likeness (QED) is 0.310. The normalized spacial score (nSPS) is 11.1. The summed E-state index contributed by atoms with van der Waals surface area (Å²) in [6.07, 6.45) is -1.27. The van der Waals surface area contributed by atoms with Crippen LogP contribution in [0.1, 0.15) is 13.8 Å². The number of carbonyl (C=O) groups is 1. The van der Waals surface area contributed by atoms with E-state index in [1.807, 2.05) is 11.8 Å². The Labute approximate surface area is 59.4 Å². The third kappa shape index (κ3) is 5.10. The van der Waals surface area contributed by atoms with E-state index >= 15 is 0 Å². The molecule has 0 aromatic heterocycles. The minimum Gasteiger partial charge on any atom is -0.456 e. The van der Waals surface area contributed by atoms with Crippen molar-refractivity contribution in [2.75, 3.05) is 6.61 Å². The van der Waals surface area contributed by atoms with E-state index < -0.39 is 12.1 Å². The van der Waals surface area contributed by atoms with Crippen molar-refractivity contribution in [2.24, 2.45) is 0 Å². The van der Waals surface area contributed by atoms with E-state index in [4.69, 9.17) is 0 Å². The second kappa shape index (κ2) is 4.80. The van der Waals surface area contributed by atoms with Gasteiger partial charge in [0, 0.05) is 5.92 Å². The van der Waals surface area contributed by atoms with Crippen LogP contribution in [0.25, 0.3) is 0 Å². The molecule has 0 bridgehead atoms. The molecule has 0 aliphatic rings. The van der Waals surface area contributed by atoms with Crippen LogP contribution in [0.4, 0.5) is 4.39 Å². The molecule has 10 heavy (non-hydrogen) atoms. The van der Waals surface area contributed by atoms with Gasteiger partial charge in [-0.1, -0.05) is 5.92 Å². The molecule has 0 fully saturated rings. The summed E-state index contributed by atoms with van der Waals surface area (Å²) in [5.74, 6) is 3.36. The Morgan fingerprint density at radius 1 is 1.80 bits per heavy atom. The molecule has 0 radical (unpaired) electrons. The highest BCUT2D eigenvalue weighted by molar-refractivity contribution is 5.88. The summed E-state index contributed by atoms with van der Waals surface area (Å²) in [6.45, 7) is 3.19. The number of hydrogen-bond donors (Lipinski definition) is 0. The van der Waals surface area contributed by atoms with Gasteiger partial charge in [0.05, 0.1) is 6.61 Å². The van der Waals surface area contributed by atoms with E-state index in [1.165, 1.54) is 6.92 Å². The van der Waals surface area contributed by atoms with Crippen LogP contribution < -0.4 is 0 Å². The summed E-state index contributed by atoms with van der Waals surface area (Å²) in [5.41, 5.74) is 0. The summed E-state index contributed by atoms with van der Waals surface area (Å²) >= 11 is 0. The molecule has 0 aliphatic carbocycles. The van der Waals surface area contributed by atoms with Gasteiger partial charge in [0.1, 0.15) is 0 Å². The maximum atomic E-state index is 11.9. The van der Waals surface area contributed by atoms with Gasteiger partial charge >= 0.3 is 5.97 Å². The zero-order chi connectivity index (χ0) is 7.98. The van der Waals surface area contributed by atoms with Crippen LogP contribution in [0.2, 0.25) is 0 Å². The standard InChI is InChI=1S/C7H9FO2/c1-3-10-7(9)5-4-6(2)8/h6H,3H2,1-2H3/t6-/m1/s1. The van der Waals surface area contributed by atoms with Crippen molar-refractivity contribution in [1.82, 2.24) is 0 Å². The molecule has 56 valence electrons. The van der Waals surface area contributed by atoms with Gasteiger partial charge in [0.15, 0.2) is 6.17 Å². The molecule has 0 saturated heterocycles. The molecule has 0 aromatic carbocycles. The fourth-order valence-corrected chi connectivity index (χ4v) is 0.326. The summed E-state index contributed by atoms with van der Waals surface area (Å²) in [6, 6.07) is 0. The summed E-state index contributed by atoms with van der Waals surface area (Å²) in [5, 5.41) is 0. The Bertz CT molecular complexity index is 164. The number of ether oxygens (including phenoxy) is 1. The van der Waals surface area contributed by atoms with Gasteiger partial charge < -0.3 is 4.74 Å². The van der Waals surface area contributed by atoms with Crippen LogP contribution in [0.15, 0.2) is 0 Å². The first-order valence-corrected chi connectivity index (χ1v) is 2.99. The predicted octanol–water partition coefficient (Wildman–Crippen LogP) is 0.911. The van der Waals surface area contributed by atoms with E-state index in [-0.39, 0.29) is 6.61 Å². The van der Waals surface area contributed by atoms with Crippen LogP contribution >= 0.6 is 0 Å². The molecular formula is C7H9FO2. The minimum atomic E-state index is -1.27. The topological polar surface area (TPSA) is 26.3 Å². The molecule has 0 saturated carbocycles. The van der Waals surface area contributed by atoms with Gasteiger partial charge in [-0.2, -0.15) is 0 Å². The van der Waals surface area contributed by atoms with Crippen molar-refractivity contribution >= 4 is 5.97 Å².